The Kier molecular flexibility index (Phi) is 18.6. The van der Waals surface area contributed by atoms with E-state index in [-0.39, 0.29) is 0 Å². The maximum atomic E-state index is 12.3. The smallest absolute Gasteiger partial charge is 0.394 e. The number of aliphatic hydroxyl groups is 13. The topological polar surface area (TPSA) is 393 Å². The third-order valence-electron chi connectivity index (χ3n) is 6.13. The van der Waals surface area contributed by atoms with Crippen LogP contribution in [-0.4, -0.2) is 202 Å². The van der Waals surface area contributed by atoms with Crippen molar-refractivity contribution in [2.75, 3.05) is 46.2 Å². The van der Waals surface area contributed by atoms with Gasteiger partial charge in [-0.15, -0.1) is 0 Å². The maximum Gasteiger partial charge on any atom is 0.472 e. The minimum atomic E-state index is -5.22. The largest absolute Gasteiger partial charge is 0.472 e. The molecule has 0 aromatic carbocycles. The zero-order valence-corrected chi connectivity index (χ0v) is 25.1. The first-order valence-corrected chi connectivity index (χ1v) is 16.0. The van der Waals surface area contributed by atoms with Gasteiger partial charge in [-0.25, -0.2) is 9.13 Å². The van der Waals surface area contributed by atoms with Crippen molar-refractivity contribution in [1.82, 2.24) is 0 Å². The average molecular weight is 712 g/mol. The van der Waals surface area contributed by atoms with E-state index in [1.54, 1.807) is 0 Å². The SMILES string of the molecule is O=P(O)(OCC(O)C(O)C(O)CO[C@@H]1O[C@H](CO)[C@H](OP(=O)(O)OCC(O)C(O)C(O)CO)C1O)OC(C(O)CO)[C@@H](O)CO. The van der Waals surface area contributed by atoms with Crippen molar-refractivity contribution in [2.45, 2.75) is 79.5 Å². The fraction of sp³-hybridized carbons (Fsp3) is 1.00. The summed E-state index contributed by atoms with van der Waals surface area (Å²) in [5.41, 5.74) is 0. The summed E-state index contributed by atoms with van der Waals surface area (Å²) in [6.45, 7) is -7.24. The quantitative estimate of drug-likeness (QED) is 0.0437. The zero-order chi connectivity index (χ0) is 34.7. The lowest BCUT2D eigenvalue weighted by Gasteiger charge is -2.28. The standard InChI is InChI=1S/C20H42O23P2/c21-1-8(25)15(31)12(29)6-40-45(36,37)43-19-14(4-24)41-20(17(19)33)38-5-11(28)16(32)13(30)7-39-44(34,35)42-18(9(26)2-22)10(27)3-23/h8-33H,1-7H2,(H,34,35)(H,36,37)/t8?,9-,10?,11?,12?,13?,14+,15?,16?,17?,18?,19-,20+/m0/s1. The molecule has 0 spiro atoms. The van der Waals surface area contributed by atoms with E-state index in [0.29, 0.717) is 0 Å². The lowest BCUT2D eigenvalue weighted by Crippen LogP contribution is -2.44. The van der Waals surface area contributed by atoms with E-state index in [4.69, 9.17) is 29.3 Å². The first kappa shape index (κ1) is 42.6. The highest BCUT2D eigenvalue weighted by atomic mass is 31.2. The summed E-state index contributed by atoms with van der Waals surface area (Å²) in [5.74, 6) is 0. The van der Waals surface area contributed by atoms with Crippen molar-refractivity contribution in [3.63, 3.8) is 0 Å². The second kappa shape index (κ2) is 19.6. The molecule has 11 unspecified atom stereocenters. The molecule has 1 aliphatic rings. The molecule has 1 saturated heterocycles. The molecule has 25 heteroatoms. The highest BCUT2D eigenvalue weighted by Gasteiger charge is 2.49. The van der Waals surface area contributed by atoms with Crippen molar-refractivity contribution in [2.24, 2.45) is 0 Å². The van der Waals surface area contributed by atoms with Crippen LogP contribution in [0, 0.1) is 0 Å². The van der Waals surface area contributed by atoms with Crippen LogP contribution in [0.2, 0.25) is 0 Å². The van der Waals surface area contributed by atoms with Crippen LogP contribution in [0.15, 0.2) is 0 Å². The summed E-state index contributed by atoms with van der Waals surface area (Å²) in [4.78, 5) is 19.7. The van der Waals surface area contributed by atoms with E-state index in [9.17, 15) is 70.0 Å². The molecule has 23 nitrogen and oxygen atoms in total. The van der Waals surface area contributed by atoms with Gasteiger partial charge in [0.2, 0.25) is 0 Å². The first-order chi connectivity index (χ1) is 20.8. The Labute approximate surface area is 254 Å². The van der Waals surface area contributed by atoms with E-state index in [1.807, 2.05) is 0 Å². The molecule has 15 N–H and O–H groups in total. The first-order valence-electron chi connectivity index (χ1n) is 13.0. The fourth-order valence-corrected chi connectivity index (χ4v) is 5.51. The van der Waals surface area contributed by atoms with Gasteiger partial charge in [0.1, 0.15) is 73.2 Å². The highest BCUT2D eigenvalue weighted by molar-refractivity contribution is 7.47. The van der Waals surface area contributed by atoms with Crippen LogP contribution in [0.3, 0.4) is 0 Å². The van der Waals surface area contributed by atoms with Gasteiger partial charge in [-0.3, -0.25) is 18.1 Å². The molecule has 0 bridgehead atoms. The van der Waals surface area contributed by atoms with Gasteiger partial charge >= 0.3 is 15.6 Å². The Hall–Kier alpha value is -0.380. The molecule has 0 amide bonds. The van der Waals surface area contributed by atoms with E-state index in [2.05, 4.69) is 13.6 Å². The molecule has 15 atom stereocenters. The minimum Gasteiger partial charge on any atom is -0.394 e. The van der Waals surface area contributed by atoms with E-state index in [0.717, 1.165) is 0 Å². The Morgan fingerprint density at radius 3 is 1.56 bits per heavy atom. The van der Waals surface area contributed by atoms with Crippen LogP contribution in [-0.2, 0) is 36.7 Å². The predicted octanol–water partition coefficient (Wildman–Crippen LogP) is -8.05. The summed E-state index contributed by atoms with van der Waals surface area (Å²) >= 11 is 0. The summed E-state index contributed by atoms with van der Waals surface area (Å²) < 4.78 is 52.8. The summed E-state index contributed by atoms with van der Waals surface area (Å²) in [6.07, 6.45) is -25.1. The second-order valence-corrected chi connectivity index (χ2v) is 12.5. The third-order valence-corrected chi connectivity index (χ3v) is 8.10. The fourth-order valence-electron chi connectivity index (χ4n) is 3.54. The predicted molar refractivity (Wildman–Crippen MR) is 138 cm³/mol. The minimum absolute atomic E-state index is 0.929. The lowest BCUT2D eigenvalue weighted by atomic mass is 10.1. The number of phosphoric ester groups is 2. The molecule has 270 valence electrons. The molecule has 0 radical (unpaired) electrons. The molecule has 1 fully saturated rings. The number of aliphatic hydroxyl groups excluding tert-OH is 13. The highest BCUT2D eigenvalue weighted by Crippen LogP contribution is 2.48. The van der Waals surface area contributed by atoms with Crippen LogP contribution >= 0.6 is 15.6 Å². The molecular formula is C20H42O23P2. The van der Waals surface area contributed by atoms with E-state index < -0.39 is 141 Å². The van der Waals surface area contributed by atoms with Crippen molar-refractivity contribution in [3.05, 3.63) is 0 Å². The van der Waals surface area contributed by atoms with Crippen molar-refractivity contribution >= 4 is 15.6 Å². The normalized spacial score (nSPS) is 29.5. The van der Waals surface area contributed by atoms with Crippen LogP contribution in [0.4, 0.5) is 0 Å². The Morgan fingerprint density at radius 1 is 0.644 bits per heavy atom. The molecule has 0 aromatic heterocycles. The molecule has 1 heterocycles. The molecule has 0 aromatic rings. The number of phosphoric acid groups is 2. The number of ether oxygens (including phenoxy) is 2. The van der Waals surface area contributed by atoms with Crippen molar-refractivity contribution in [1.29, 1.82) is 0 Å². The van der Waals surface area contributed by atoms with Gasteiger partial charge in [0.15, 0.2) is 6.29 Å². The molecule has 1 rings (SSSR count). The van der Waals surface area contributed by atoms with Gasteiger partial charge in [-0.1, -0.05) is 0 Å². The number of hydrogen-bond donors (Lipinski definition) is 15. The van der Waals surface area contributed by atoms with Crippen LogP contribution in [0.1, 0.15) is 0 Å². The third kappa shape index (κ3) is 13.6. The molecular weight excluding hydrogens is 670 g/mol. The number of hydrogen-bond acceptors (Lipinski definition) is 21. The molecule has 0 aliphatic carbocycles. The van der Waals surface area contributed by atoms with Crippen LogP contribution in [0.5, 0.6) is 0 Å². The molecule has 45 heavy (non-hydrogen) atoms. The Bertz CT molecular complexity index is 921. The zero-order valence-electron chi connectivity index (χ0n) is 23.3. The van der Waals surface area contributed by atoms with Crippen molar-refractivity contribution < 1.29 is 113 Å². The lowest BCUT2D eigenvalue weighted by molar-refractivity contribution is -0.194. The monoisotopic (exact) mass is 712 g/mol. The Balaban J connectivity index is 2.68. The maximum absolute atomic E-state index is 12.3. The molecule has 0 saturated carbocycles. The average Bonchev–Trinajstić information content (AvgIpc) is 3.30. The summed E-state index contributed by atoms with van der Waals surface area (Å²) in [6, 6.07) is 0. The van der Waals surface area contributed by atoms with E-state index in [1.165, 1.54) is 0 Å². The van der Waals surface area contributed by atoms with Gasteiger partial charge in [0, 0.05) is 0 Å². The van der Waals surface area contributed by atoms with Gasteiger partial charge in [-0.05, 0) is 0 Å². The van der Waals surface area contributed by atoms with Gasteiger partial charge in [0.05, 0.1) is 46.2 Å². The number of rotatable bonds is 23. The van der Waals surface area contributed by atoms with E-state index >= 15 is 0 Å². The van der Waals surface area contributed by atoms with Crippen LogP contribution in [0.25, 0.3) is 0 Å². The van der Waals surface area contributed by atoms with Crippen LogP contribution < -0.4 is 0 Å². The van der Waals surface area contributed by atoms with Gasteiger partial charge in [0.25, 0.3) is 0 Å². The van der Waals surface area contributed by atoms with Gasteiger partial charge in [-0.2, -0.15) is 0 Å². The summed E-state index contributed by atoms with van der Waals surface area (Å²) in [5, 5.41) is 125. The second-order valence-electron chi connectivity index (χ2n) is 9.65. The Morgan fingerprint density at radius 2 is 1.09 bits per heavy atom. The van der Waals surface area contributed by atoms with Crippen molar-refractivity contribution in [3.8, 4) is 0 Å². The summed E-state index contributed by atoms with van der Waals surface area (Å²) in [7, 11) is -10.4. The van der Waals surface area contributed by atoms with Gasteiger partial charge < -0.3 is 85.6 Å². The molecule has 1 aliphatic heterocycles.